The van der Waals surface area contributed by atoms with Gasteiger partial charge in [0.2, 0.25) is 0 Å². The first kappa shape index (κ1) is 16.1. The summed E-state index contributed by atoms with van der Waals surface area (Å²) in [4.78, 5) is 23.6. The van der Waals surface area contributed by atoms with E-state index in [1.54, 1.807) is 18.2 Å². The number of rotatable bonds is 8. The molecule has 0 bridgehead atoms. The Labute approximate surface area is 117 Å². The Morgan fingerprint density at radius 2 is 1.35 bits per heavy atom. The molecule has 0 aliphatic carbocycles. The molecule has 0 saturated heterocycles. The number of amides is 2. The molecule has 0 heterocycles. The zero-order chi connectivity index (χ0) is 14.8. The fraction of sp³-hybridized carbons (Fsp3) is 0.429. The van der Waals surface area contributed by atoms with Gasteiger partial charge in [0, 0.05) is 37.4 Å². The van der Waals surface area contributed by atoms with Gasteiger partial charge in [0.1, 0.15) is 0 Å². The van der Waals surface area contributed by atoms with Crippen LogP contribution >= 0.6 is 0 Å². The van der Waals surface area contributed by atoms with E-state index in [-0.39, 0.29) is 25.0 Å². The minimum atomic E-state index is -0.275. The Bertz CT molecular complexity index is 411. The van der Waals surface area contributed by atoms with E-state index in [2.05, 4.69) is 10.6 Å². The molecule has 0 spiro atoms. The van der Waals surface area contributed by atoms with Crippen LogP contribution < -0.4 is 10.6 Å². The third-order valence-corrected chi connectivity index (χ3v) is 2.63. The molecular formula is C14H20N2O4. The van der Waals surface area contributed by atoms with Crippen LogP contribution in [0, 0.1) is 0 Å². The van der Waals surface area contributed by atoms with Crippen LogP contribution in [0.1, 0.15) is 33.6 Å². The van der Waals surface area contributed by atoms with Crippen LogP contribution in [0.3, 0.4) is 0 Å². The molecule has 4 N–H and O–H groups in total. The highest BCUT2D eigenvalue weighted by molar-refractivity contribution is 5.99. The second-order valence-corrected chi connectivity index (χ2v) is 4.25. The summed E-state index contributed by atoms with van der Waals surface area (Å²) in [7, 11) is 0. The van der Waals surface area contributed by atoms with Crippen LogP contribution in [-0.2, 0) is 0 Å². The molecule has 0 radical (unpaired) electrons. The molecule has 0 aliphatic rings. The number of hydrogen-bond acceptors (Lipinski definition) is 4. The van der Waals surface area contributed by atoms with Crippen LogP contribution in [0.25, 0.3) is 0 Å². The van der Waals surface area contributed by atoms with E-state index in [1.165, 1.54) is 6.07 Å². The normalized spacial score (nSPS) is 10.1. The van der Waals surface area contributed by atoms with E-state index in [1.807, 2.05) is 0 Å². The SMILES string of the molecule is O=C(NCCCO)c1cccc(C(=O)NCCCO)c1. The predicted octanol–water partition coefficient (Wildman–Crippen LogP) is -0.0890. The highest BCUT2D eigenvalue weighted by Gasteiger charge is 2.09. The maximum Gasteiger partial charge on any atom is 0.251 e. The first-order chi connectivity index (χ1) is 9.69. The molecule has 0 atom stereocenters. The molecule has 2 amide bonds. The van der Waals surface area contributed by atoms with Gasteiger partial charge in [0.05, 0.1) is 0 Å². The summed E-state index contributed by atoms with van der Waals surface area (Å²) in [5, 5.41) is 22.6. The van der Waals surface area contributed by atoms with Crippen LogP contribution in [0.2, 0.25) is 0 Å². The highest BCUT2D eigenvalue weighted by Crippen LogP contribution is 2.05. The third kappa shape index (κ3) is 5.38. The van der Waals surface area contributed by atoms with Crippen LogP contribution in [0.4, 0.5) is 0 Å². The molecule has 0 fully saturated rings. The molecule has 0 unspecified atom stereocenters. The summed E-state index contributed by atoms with van der Waals surface area (Å²) in [5.74, 6) is -0.549. The summed E-state index contributed by atoms with van der Waals surface area (Å²) >= 11 is 0. The lowest BCUT2D eigenvalue weighted by Gasteiger charge is -2.07. The summed E-state index contributed by atoms with van der Waals surface area (Å²) < 4.78 is 0. The van der Waals surface area contributed by atoms with Gasteiger partial charge in [-0.2, -0.15) is 0 Å². The maximum atomic E-state index is 11.8. The Kier molecular flexibility index (Phi) is 7.31. The first-order valence-corrected chi connectivity index (χ1v) is 6.57. The quantitative estimate of drug-likeness (QED) is 0.500. The Morgan fingerprint density at radius 1 is 0.900 bits per heavy atom. The van der Waals surface area contributed by atoms with E-state index in [4.69, 9.17) is 10.2 Å². The van der Waals surface area contributed by atoms with Gasteiger partial charge in [0.25, 0.3) is 11.8 Å². The second kappa shape index (κ2) is 9.06. The molecule has 20 heavy (non-hydrogen) atoms. The monoisotopic (exact) mass is 280 g/mol. The molecule has 0 saturated carbocycles. The van der Waals surface area contributed by atoms with Gasteiger partial charge in [-0.05, 0) is 31.0 Å². The van der Waals surface area contributed by atoms with Crippen molar-refractivity contribution in [3.8, 4) is 0 Å². The maximum absolute atomic E-state index is 11.8. The van der Waals surface area contributed by atoms with Crippen molar-refractivity contribution in [1.29, 1.82) is 0 Å². The van der Waals surface area contributed by atoms with Crippen molar-refractivity contribution in [2.75, 3.05) is 26.3 Å². The summed E-state index contributed by atoms with van der Waals surface area (Å²) in [6, 6.07) is 6.40. The molecular weight excluding hydrogens is 260 g/mol. The summed E-state index contributed by atoms with van der Waals surface area (Å²) in [5.41, 5.74) is 0.801. The average Bonchev–Trinajstić information content (AvgIpc) is 2.47. The number of aliphatic hydroxyl groups is 2. The molecule has 0 aliphatic heterocycles. The second-order valence-electron chi connectivity index (χ2n) is 4.25. The molecule has 6 heteroatoms. The standard InChI is InChI=1S/C14H20N2O4/c17-8-2-6-15-13(19)11-4-1-5-12(10-11)14(20)16-7-3-9-18/h1,4-5,10,17-18H,2-3,6-9H2,(H,15,19)(H,16,20). The molecule has 1 rings (SSSR count). The molecule has 6 nitrogen and oxygen atoms in total. The number of benzene rings is 1. The minimum absolute atomic E-state index is 0.0214. The van der Waals surface area contributed by atoms with Crippen molar-refractivity contribution in [3.05, 3.63) is 35.4 Å². The largest absolute Gasteiger partial charge is 0.396 e. The lowest BCUT2D eigenvalue weighted by atomic mass is 10.1. The molecule has 110 valence electrons. The molecule has 1 aromatic carbocycles. The number of carbonyl (C=O) groups excluding carboxylic acids is 2. The third-order valence-electron chi connectivity index (χ3n) is 2.63. The summed E-state index contributed by atoms with van der Waals surface area (Å²) in [6.07, 6.45) is 0.986. The van der Waals surface area contributed by atoms with E-state index in [0.29, 0.717) is 37.1 Å². The van der Waals surface area contributed by atoms with Crippen LogP contribution in [0.5, 0.6) is 0 Å². The van der Waals surface area contributed by atoms with E-state index in [0.717, 1.165) is 0 Å². The van der Waals surface area contributed by atoms with E-state index >= 15 is 0 Å². The van der Waals surface area contributed by atoms with Gasteiger partial charge in [-0.1, -0.05) is 6.07 Å². The fourth-order valence-corrected chi connectivity index (χ4v) is 1.57. The van der Waals surface area contributed by atoms with Crippen molar-refractivity contribution in [3.63, 3.8) is 0 Å². The minimum Gasteiger partial charge on any atom is -0.396 e. The van der Waals surface area contributed by atoms with E-state index in [9.17, 15) is 9.59 Å². The predicted molar refractivity (Wildman–Crippen MR) is 74.5 cm³/mol. The average molecular weight is 280 g/mol. The zero-order valence-electron chi connectivity index (χ0n) is 11.3. The lowest BCUT2D eigenvalue weighted by molar-refractivity contribution is 0.0950. The Hall–Kier alpha value is -1.92. The topological polar surface area (TPSA) is 98.7 Å². The van der Waals surface area contributed by atoms with Gasteiger partial charge in [-0.15, -0.1) is 0 Å². The highest BCUT2D eigenvalue weighted by atomic mass is 16.3. The fourth-order valence-electron chi connectivity index (χ4n) is 1.57. The van der Waals surface area contributed by atoms with Crippen molar-refractivity contribution in [2.24, 2.45) is 0 Å². The molecule has 0 aromatic heterocycles. The smallest absolute Gasteiger partial charge is 0.251 e. The Balaban J connectivity index is 2.60. The number of hydrogen-bond donors (Lipinski definition) is 4. The van der Waals surface area contributed by atoms with Gasteiger partial charge < -0.3 is 20.8 Å². The van der Waals surface area contributed by atoms with Gasteiger partial charge in [-0.3, -0.25) is 9.59 Å². The van der Waals surface area contributed by atoms with Crippen LogP contribution in [0.15, 0.2) is 24.3 Å². The lowest BCUT2D eigenvalue weighted by Crippen LogP contribution is -2.27. The van der Waals surface area contributed by atoms with Crippen molar-refractivity contribution < 1.29 is 19.8 Å². The van der Waals surface area contributed by atoms with Crippen molar-refractivity contribution in [2.45, 2.75) is 12.8 Å². The van der Waals surface area contributed by atoms with Crippen molar-refractivity contribution >= 4 is 11.8 Å². The Morgan fingerprint density at radius 3 is 1.75 bits per heavy atom. The summed E-state index contributed by atoms with van der Waals surface area (Å²) in [6.45, 7) is 0.825. The van der Waals surface area contributed by atoms with Crippen LogP contribution in [-0.4, -0.2) is 48.3 Å². The van der Waals surface area contributed by atoms with Crippen molar-refractivity contribution in [1.82, 2.24) is 10.6 Å². The van der Waals surface area contributed by atoms with Gasteiger partial charge >= 0.3 is 0 Å². The number of aliphatic hydroxyl groups excluding tert-OH is 2. The molecule has 1 aromatic rings. The number of nitrogens with one attached hydrogen (secondary N) is 2. The number of carbonyl (C=O) groups is 2. The zero-order valence-corrected chi connectivity index (χ0v) is 11.3. The van der Waals surface area contributed by atoms with Gasteiger partial charge in [0.15, 0.2) is 0 Å². The van der Waals surface area contributed by atoms with Gasteiger partial charge in [-0.25, -0.2) is 0 Å². The van der Waals surface area contributed by atoms with E-state index < -0.39 is 0 Å². The first-order valence-electron chi connectivity index (χ1n) is 6.57.